The van der Waals surface area contributed by atoms with Crippen LogP contribution in [0.2, 0.25) is 0 Å². The summed E-state index contributed by atoms with van der Waals surface area (Å²) < 4.78 is 39.4. The number of rotatable bonds is 2. The summed E-state index contributed by atoms with van der Waals surface area (Å²) >= 11 is 0. The molecule has 8 heteroatoms. The van der Waals surface area contributed by atoms with Crippen LogP contribution in [0.5, 0.6) is 0 Å². The normalized spacial score (nSPS) is 16.6. The van der Waals surface area contributed by atoms with Gasteiger partial charge in [0, 0.05) is 35.5 Å². The minimum Gasteiger partial charge on any atom is -0.369 e. The van der Waals surface area contributed by atoms with E-state index >= 15 is 0 Å². The number of nitrogens with one attached hydrogen (secondary N) is 2. The smallest absolute Gasteiger partial charge is 0.220 e. The zero-order chi connectivity index (χ0) is 25.3. The fourth-order valence-corrected chi connectivity index (χ4v) is 3.41. The van der Waals surface area contributed by atoms with E-state index in [9.17, 15) is 22.8 Å². The number of hydrogen-bond acceptors (Lipinski definition) is 2. The van der Waals surface area contributed by atoms with E-state index in [1.165, 1.54) is 24.6 Å². The largest absolute Gasteiger partial charge is 0.369 e. The van der Waals surface area contributed by atoms with E-state index in [1.807, 2.05) is 20.8 Å². The molecule has 1 aliphatic heterocycles. The highest BCUT2D eigenvalue weighted by molar-refractivity contribution is 5.86. The average molecular weight is 476 g/mol. The molecule has 184 valence electrons. The van der Waals surface area contributed by atoms with Gasteiger partial charge in [-0.2, -0.15) is 0 Å². The van der Waals surface area contributed by atoms with Gasteiger partial charge in [-0.05, 0) is 68.1 Å². The maximum atomic E-state index is 13.5. The molecule has 1 aromatic heterocycles. The van der Waals surface area contributed by atoms with E-state index in [4.69, 9.17) is 5.73 Å². The molecule has 3 aromatic rings. The zero-order valence-corrected chi connectivity index (χ0v) is 19.8. The summed E-state index contributed by atoms with van der Waals surface area (Å²) in [5.41, 5.74) is 6.54. The zero-order valence-electron chi connectivity index (χ0n) is 19.8. The van der Waals surface area contributed by atoms with Crippen molar-refractivity contribution < 1.29 is 22.8 Å². The summed E-state index contributed by atoms with van der Waals surface area (Å²) in [7, 11) is 0. The number of carbonyl (C=O) groups excluding carboxylic acids is 2. The van der Waals surface area contributed by atoms with E-state index in [2.05, 4.69) is 10.3 Å². The number of fused-ring (bicyclic) bond motifs is 1. The Morgan fingerprint density at radius 3 is 2.03 bits per heavy atom. The van der Waals surface area contributed by atoms with Crippen molar-refractivity contribution in [2.45, 2.75) is 58.9 Å². The number of aromatic amines is 1. The van der Waals surface area contributed by atoms with E-state index in [0.717, 1.165) is 31.7 Å². The van der Waals surface area contributed by atoms with Crippen molar-refractivity contribution >= 4 is 22.7 Å². The Hall–Kier alpha value is -3.29. The number of nitrogens with two attached hydrogens (primary N) is 1. The van der Waals surface area contributed by atoms with Crippen LogP contribution in [0.25, 0.3) is 22.2 Å². The van der Waals surface area contributed by atoms with Crippen molar-refractivity contribution in [1.82, 2.24) is 10.3 Å². The fraction of sp³-hybridized carbons (Fsp3) is 0.385. The molecule has 0 bridgehead atoms. The van der Waals surface area contributed by atoms with Crippen LogP contribution in [0.4, 0.5) is 13.2 Å². The number of carbonyl (C=O) groups is 2. The summed E-state index contributed by atoms with van der Waals surface area (Å²) in [4.78, 5) is 23.4. The molecule has 1 saturated heterocycles. The van der Waals surface area contributed by atoms with E-state index in [0.29, 0.717) is 22.7 Å². The minimum absolute atomic E-state index is 0.119. The molecule has 2 aliphatic rings. The van der Waals surface area contributed by atoms with Gasteiger partial charge in [-0.3, -0.25) is 9.59 Å². The Morgan fingerprint density at radius 2 is 1.62 bits per heavy atom. The number of halogens is 3. The van der Waals surface area contributed by atoms with Crippen LogP contribution < -0.4 is 11.1 Å². The summed E-state index contributed by atoms with van der Waals surface area (Å²) in [5, 5.41) is 3.23. The molecule has 1 saturated carbocycles. The van der Waals surface area contributed by atoms with Crippen molar-refractivity contribution in [1.29, 1.82) is 0 Å². The lowest BCUT2D eigenvalue weighted by Crippen LogP contribution is -2.28. The van der Waals surface area contributed by atoms with Gasteiger partial charge in [-0.15, -0.1) is 0 Å². The van der Waals surface area contributed by atoms with Gasteiger partial charge >= 0.3 is 0 Å². The first-order valence-electron chi connectivity index (χ1n) is 11.6. The molecule has 4 N–H and O–H groups in total. The van der Waals surface area contributed by atoms with Crippen LogP contribution in [-0.2, 0) is 9.59 Å². The minimum atomic E-state index is -0.640. The van der Waals surface area contributed by atoms with Gasteiger partial charge in [-0.25, -0.2) is 13.2 Å². The highest BCUT2D eigenvalue weighted by atomic mass is 19.1. The third-order valence-electron chi connectivity index (χ3n) is 5.52. The number of H-pyrrole nitrogens is 1. The fourth-order valence-electron chi connectivity index (χ4n) is 3.41. The third kappa shape index (κ3) is 7.64. The van der Waals surface area contributed by atoms with Gasteiger partial charge in [0.1, 0.15) is 17.5 Å². The van der Waals surface area contributed by atoms with Gasteiger partial charge in [0.2, 0.25) is 11.8 Å². The molecule has 0 spiro atoms. The summed E-state index contributed by atoms with van der Waals surface area (Å²) in [5.74, 6) is -1.30. The topological polar surface area (TPSA) is 88.0 Å². The molecular formula is C26H32F3N3O2. The van der Waals surface area contributed by atoms with Crippen LogP contribution >= 0.6 is 0 Å². The Labute approximate surface area is 197 Å². The Kier molecular flexibility index (Phi) is 10.2. The molecular weight excluding hydrogens is 443 g/mol. The van der Waals surface area contributed by atoms with Crippen molar-refractivity contribution in [3.63, 3.8) is 0 Å². The second kappa shape index (κ2) is 12.8. The van der Waals surface area contributed by atoms with Crippen molar-refractivity contribution in [2.75, 3.05) is 0 Å². The molecule has 1 atom stereocenters. The van der Waals surface area contributed by atoms with Gasteiger partial charge in [0.25, 0.3) is 0 Å². The monoisotopic (exact) mass is 475 g/mol. The van der Waals surface area contributed by atoms with Crippen molar-refractivity contribution in [3.8, 4) is 11.3 Å². The SMILES string of the molecule is CC.CC1CCC(=O)N1.Fc1ccc(-c2cc3cc(F)cc(F)c3[nH]2)cc1.NC(=O)C1CCC1. The third-order valence-corrected chi connectivity index (χ3v) is 5.52. The van der Waals surface area contributed by atoms with E-state index < -0.39 is 11.6 Å². The van der Waals surface area contributed by atoms with Crippen LogP contribution in [0.3, 0.4) is 0 Å². The number of benzene rings is 2. The summed E-state index contributed by atoms with van der Waals surface area (Å²) in [6.07, 6.45) is 4.97. The standard InChI is InChI=1S/C14H8F3N.2C5H9NO.C2H6/c15-10-3-1-8(2-4-10)13-6-9-5-11(16)7-12(17)14(9)18-13;1-4-2-3-5(7)6-4;6-5(7)4-2-1-3-4;1-2/h1-7,18H;4H,2-3H2,1H3,(H,6,7);4H,1-3H2,(H2,6,7);1-2H3. The first kappa shape index (κ1) is 27.0. The molecule has 2 amide bonds. The predicted molar refractivity (Wildman–Crippen MR) is 128 cm³/mol. The first-order valence-corrected chi connectivity index (χ1v) is 11.6. The molecule has 1 aliphatic carbocycles. The number of aromatic nitrogens is 1. The van der Waals surface area contributed by atoms with E-state index in [-0.39, 0.29) is 29.1 Å². The lowest BCUT2D eigenvalue weighted by Gasteiger charge is -2.20. The lowest BCUT2D eigenvalue weighted by atomic mass is 9.85. The van der Waals surface area contributed by atoms with Crippen molar-refractivity contribution in [3.05, 3.63) is 59.9 Å². The van der Waals surface area contributed by atoms with Crippen LogP contribution in [0.1, 0.15) is 52.9 Å². The highest BCUT2D eigenvalue weighted by Gasteiger charge is 2.22. The second-order valence-electron chi connectivity index (χ2n) is 8.08. The Morgan fingerprint density at radius 1 is 0.971 bits per heavy atom. The molecule has 2 fully saturated rings. The molecule has 0 radical (unpaired) electrons. The molecule has 5 nitrogen and oxygen atoms in total. The van der Waals surface area contributed by atoms with Crippen LogP contribution in [-0.4, -0.2) is 22.8 Å². The van der Waals surface area contributed by atoms with Gasteiger partial charge < -0.3 is 16.0 Å². The number of primary amides is 1. The maximum Gasteiger partial charge on any atom is 0.220 e. The molecule has 5 rings (SSSR count). The highest BCUT2D eigenvalue weighted by Crippen LogP contribution is 2.27. The number of amides is 2. The molecule has 34 heavy (non-hydrogen) atoms. The van der Waals surface area contributed by atoms with Gasteiger partial charge in [0.15, 0.2) is 0 Å². The molecule has 2 heterocycles. The molecule has 2 aromatic carbocycles. The first-order chi connectivity index (χ1) is 16.2. The van der Waals surface area contributed by atoms with Gasteiger partial charge in [-0.1, -0.05) is 20.3 Å². The summed E-state index contributed by atoms with van der Waals surface area (Å²) in [6.45, 7) is 6.02. The quantitative estimate of drug-likeness (QED) is 0.435. The molecule has 1 unspecified atom stereocenters. The maximum absolute atomic E-state index is 13.5. The predicted octanol–water partition coefficient (Wildman–Crippen LogP) is 5.84. The van der Waals surface area contributed by atoms with Crippen molar-refractivity contribution in [2.24, 2.45) is 11.7 Å². The average Bonchev–Trinajstić information content (AvgIpc) is 3.35. The van der Waals surface area contributed by atoms with Gasteiger partial charge in [0.05, 0.1) is 5.52 Å². The lowest BCUT2D eigenvalue weighted by molar-refractivity contribution is -0.124. The Balaban J connectivity index is 0.000000210. The number of hydrogen-bond donors (Lipinski definition) is 3. The second-order valence-corrected chi connectivity index (χ2v) is 8.08. The van der Waals surface area contributed by atoms with E-state index in [1.54, 1.807) is 18.2 Å². The van der Waals surface area contributed by atoms with Crippen LogP contribution in [0, 0.1) is 23.4 Å². The summed E-state index contributed by atoms with van der Waals surface area (Å²) in [6, 6.07) is 9.93. The van der Waals surface area contributed by atoms with Crippen LogP contribution in [0.15, 0.2) is 42.5 Å². The Bertz CT molecular complexity index is 1090.